The van der Waals surface area contributed by atoms with Crippen LogP contribution < -0.4 is 5.46 Å². The Morgan fingerprint density at radius 3 is 2.09 bits per heavy atom. The molecule has 2 aromatic rings. The summed E-state index contributed by atoms with van der Waals surface area (Å²) in [6, 6.07) is 10.4. The third kappa shape index (κ3) is 3.69. The molecule has 1 aromatic heterocycles. The molecule has 2 heterocycles. The quantitative estimate of drug-likeness (QED) is 0.781. The van der Waals surface area contributed by atoms with E-state index in [0.29, 0.717) is 13.2 Å². The van der Waals surface area contributed by atoms with Crippen LogP contribution in [-0.2, 0) is 27.3 Å². The van der Waals surface area contributed by atoms with Crippen molar-refractivity contribution >= 4 is 23.9 Å². The molecule has 0 saturated carbocycles. The fraction of sp³-hybridized carbons (Fsp3) is 0.444. The van der Waals surface area contributed by atoms with E-state index >= 15 is 0 Å². The van der Waals surface area contributed by atoms with Crippen LogP contribution in [0.4, 0.5) is 0 Å². The average Bonchev–Trinajstić information content (AvgIpc) is 3.06. The fourth-order valence-electron chi connectivity index (χ4n) is 2.41. The Morgan fingerprint density at radius 1 is 0.913 bits per heavy atom. The van der Waals surface area contributed by atoms with Crippen LogP contribution in [0.15, 0.2) is 41.1 Å². The highest BCUT2D eigenvalue weighted by Crippen LogP contribution is 2.36. The highest BCUT2D eigenvalue weighted by atomic mass is 32.1. The van der Waals surface area contributed by atoms with Crippen molar-refractivity contribution in [2.75, 3.05) is 0 Å². The van der Waals surface area contributed by atoms with Gasteiger partial charge < -0.3 is 14.0 Å². The topological polar surface area (TPSA) is 27.7 Å². The van der Waals surface area contributed by atoms with Gasteiger partial charge in [0.1, 0.15) is 0 Å². The van der Waals surface area contributed by atoms with Gasteiger partial charge in [-0.25, -0.2) is 0 Å². The minimum absolute atomic E-state index is 0.305. The van der Waals surface area contributed by atoms with Gasteiger partial charge in [0.05, 0.1) is 24.4 Å². The summed E-state index contributed by atoms with van der Waals surface area (Å²) in [6.07, 6.45) is 0. The molecule has 5 heteroatoms. The molecule has 0 amide bonds. The number of benzene rings is 1. The normalized spacial score (nSPS) is 19.2. The van der Waals surface area contributed by atoms with E-state index in [1.54, 1.807) is 11.3 Å². The third-order valence-corrected chi connectivity index (χ3v) is 5.35. The summed E-state index contributed by atoms with van der Waals surface area (Å²) in [6.45, 7) is 9.54. The van der Waals surface area contributed by atoms with Gasteiger partial charge in [-0.3, -0.25) is 0 Å². The lowest BCUT2D eigenvalue weighted by Gasteiger charge is -2.32. The van der Waals surface area contributed by atoms with Gasteiger partial charge in [-0.05, 0) is 61.1 Å². The predicted molar refractivity (Wildman–Crippen MR) is 95.0 cm³/mol. The zero-order valence-corrected chi connectivity index (χ0v) is 15.0. The van der Waals surface area contributed by atoms with E-state index in [1.807, 2.05) is 0 Å². The molecule has 1 aliphatic rings. The molecule has 0 atom stereocenters. The van der Waals surface area contributed by atoms with Crippen molar-refractivity contribution in [3.63, 3.8) is 0 Å². The van der Waals surface area contributed by atoms with Crippen molar-refractivity contribution in [2.24, 2.45) is 0 Å². The lowest BCUT2D eigenvalue weighted by Crippen LogP contribution is -2.41. The zero-order valence-electron chi connectivity index (χ0n) is 14.2. The Bertz CT molecular complexity index is 619. The van der Waals surface area contributed by atoms with Crippen LogP contribution in [-0.4, -0.2) is 18.3 Å². The van der Waals surface area contributed by atoms with Crippen LogP contribution in [0.5, 0.6) is 0 Å². The summed E-state index contributed by atoms with van der Waals surface area (Å²) in [5, 5.41) is 4.18. The van der Waals surface area contributed by atoms with Gasteiger partial charge in [-0.15, -0.1) is 0 Å². The van der Waals surface area contributed by atoms with Gasteiger partial charge in [0.25, 0.3) is 0 Å². The van der Waals surface area contributed by atoms with Gasteiger partial charge in [0, 0.05) is 0 Å². The molecule has 0 N–H and O–H groups in total. The van der Waals surface area contributed by atoms with Crippen molar-refractivity contribution in [2.45, 2.75) is 52.1 Å². The van der Waals surface area contributed by atoms with Crippen molar-refractivity contribution in [3.8, 4) is 0 Å². The summed E-state index contributed by atoms with van der Waals surface area (Å²) in [5.41, 5.74) is 2.81. The molecule has 1 saturated heterocycles. The smallest absolute Gasteiger partial charge is 0.399 e. The molecular formula is C18H23BO3S. The van der Waals surface area contributed by atoms with Gasteiger partial charge in [0.15, 0.2) is 0 Å². The van der Waals surface area contributed by atoms with Crippen molar-refractivity contribution in [1.29, 1.82) is 0 Å². The number of hydrogen-bond acceptors (Lipinski definition) is 4. The monoisotopic (exact) mass is 330 g/mol. The van der Waals surface area contributed by atoms with E-state index in [-0.39, 0.29) is 18.3 Å². The molecule has 3 nitrogen and oxygen atoms in total. The maximum atomic E-state index is 6.07. The molecule has 122 valence electrons. The Hall–Kier alpha value is -1.14. The van der Waals surface area contributed by atoms with E-state index in [4.69, 9.17) is 14.0 Å². The summed E-state index contributed by atoms with van der Waals surface area (Å²) >= 11 is 1.69. The van der Waals surface area contributed by atoms with E-state index in [1.165, 1.54) is 5.56 Å². The van der Waals surface area contributed by atoms with Crippen LogP contribution in [0, 0.1) is 0 Å². The van der Waals surface area contributed by atoms with Crippen molar-refractivity contribution in [1.82, 2.24) is 0 Å². The van der Waals surface area contributed by atoms with Crippen LogP contribution in [0.25, 0.3) is 0 Å². The minimum Gasteiger partial charge on any atom is -0.399 e. The first-order chi connectivity index (χ1) is 10.9. The fourth-order valence-corrected chi connectivity index (χ4v) is 3.06. The molecule has 0 unspecified atom stereocenters. The van der Waals surface area contributed by atoms with Gasteiger partial charge in [-0.2, -0.15) is 11.3 Å². The molecule has 0 bridgehead atoms. The Balaban J connectivity index is 1.57. The first-order valence-corrected chi connectivity index (χ1v) is 8.85. The van der Waals surface area contributed by atoms with Crippen molar-refractivity contribution < 1.29 is 14.0 Å². The Labute approximate surface area is 142 Å². The van der Waals surface area contributed by atoms with Gasteiger partial charge in [-0.1, -0.05) is 24.3 Å². The van der Waals surface area contributed by atoms with Crippen LogP contribution in [0.3, 0.4) is 0 Å². The molecule has 1 aliphatic heterocycles. The molecule has 3 rings (SSSR count). The molecule has 1 fully saturated rings. The Morgan fingerprint density at radius 2 is 1.52 bits per heavy atom. The second-order valence-electron chi connectivity index (χ2n) is 6.95. The molecule has 0 aliphatic carbocycles. The third-order valence-electron chi connectivity index (χ3n) is 4.62. The standard InChI is InChI=1S/C18H23BO3S/c1-17(2)18(3,4)22-19(21-17)16-7-5-14(6-8-16)11-20-12-15-9-10-23-13-15/h5-10,13H,11-12H2,1-4H3. The molecule has 23 heavy (non-hydrogen) atoms. The molecule has 1 aromatic carbocycles. The first-order valence-electron chi connectivity index (χ1n) is 7.91. The minimum atomic E-state index is -0.306. The van der Waals surface area contributed by atoms with Crippen LogP contribution >= 0.6 is 11.3 Å². The van der Waals surface area contributed by atoms with Crippen LogP contribution in [0.1, 0.15) is 38.8 Å². The highest BCUT2D eigenvalue weighted by molar-refractivity contribution is 7.07. The predicted octanol–water partition coefficient (Wildman–Crippen LogP) is 3.76. The summed E-state index contributed by atoms with van der Waals surface area (Å²) in [7, 11) is -0.305. The molecule has 0 spiro atoms. The first kappa shape index (κ1) is 16.7. The van der Waals surface area contributed by atoms with E-state index in [2.05, 4.69) is 68.8 Å². The van der Waals surface area contributed by atoms with Gasteiger partial charge in [0.2, 0.25) is 0 Å². The number of thiophene rings is 1. The average molecular weight is 330 g/mol. The summed E-state index contributed by atoms with van der Waals surface area (Å²) in [5.74, 6) is 0. The number of hydrogen-bond donors (Lipinski definition) is 0. The van der Waals surface area contributed by atoms with Crippen molar-refractivity contribution in [3.05, 3.63) is 52.2 Å². The highest BCUT2D eigenvalue weighted by Gasteiger charge is 2.51. The van der Waals surface area contributed by atoms with Gasteiger partial charge >= 0.3 is 7.12 Å². The number of ether oxygens (including phenoxy) is 1. The zero-order chi connectivity index (χ0) is 16.5. The Kier molecular flexibility index (Phi) is 4.65. The second kappa shape index (κ2) is 6.40. The number of rotatable bonds is 5. The maximum absolute atomic E-state index is 6.07. The van der Waals surface area contributed by atoms with E-state index in [0.717, 1.165) is 11.0 Å². The summed E-state index contributed by atoms with van der Waals surface area (Å²) < 4.78 is 17.9. The largest absolute Gasteiger partial charge is 0.494 e. The maximum Gasteiger partial charge on any atom is 0.494 e. The summed E-state index contributed by atoms with van der Waals surface area (Å²) in [4.78, 5) is 0. The second-order valence-corrected chi connectivity index (χ2v) is 7.73. The lowest BCUT2D eigenvalue weighted by atomic mass is 9.79. The molecular weight excluding hydrogens is 307 g/mol. The van der Waals surface area contributed by atoms with E-state index < -0.39 is 0 Å². The van der Waals surface area contributed by atoms with E-state index in [9.17, 15) is 0 Å². The van der Waals surface area contributed by atoms with Crippen LogP contribution in [0.2, 0.25) is 0 Å². The molecule has 0 radical (unpaired) electrons. The SMILES string of the molecule is CC1(C)OB(c2ccc(COCc3ccsc3)cc2)OC1(C)C. The lowest BCUT2D eigenvalue weighted by molar-refractivity contribution is 0.00578.